The lowest BCUT2D eigenvalue weighted by atomic mass is 9.96. The number of aliphatic imine (C=N–C) groups is 1. The minimum absolute atomic E-state index is 0.561. The summed E-state index contributed by atoms with van der Waals surface area (Å²) >= 11 is 13.6. The maximum absolute atomic E-state index is 9.39. The van der Waals surface area contributed by atoms with Crippen LogP contribution in [0, 0.1) is 11.3 Å². The van der Waals surface area contributed by atoms with Gasteiger partial charge in [-0.3, -0.25) is 0 Å². The number of benzene rings is 1. The third kappa shape index (κ3) is 2.98. The number of halogens is 2. The molecule has 1 aromatic carbocycles. The summed E-state index contributed by atoms with van der Waals surface area (Å²) in [5.74, 6) is 0. The lowest BCUT2D eigenvalue weighted by Crippen LogP contribution is -1.99. The fourth-order valence-corrected chi connectivity index (χ4v) is 4.13. The normalized spacial score (nSPS) is 14.1. The number of hydrogen-bond acceptors (Lipinski definition) is 3. The van der Waals surface area contributed by atoms with E-state index >= 15 is 0 Å². The van der Waals surface area contributed by atoms with Crippen LogP contribution < -0.4 is 0 Å². The van der Waals surface area contributed by atoms with Crippen molar-refractivity contribution in [1.29, 1.82) is 5.26 Å². The minimum Gasteiger partial charge on any atom is -0.244 e. The molecule has 0 saturated heterocycles. The van der Waals surface area contributed by atoms with Crippen LogP contribution in [-0.4, -0.2) is 6.21 Å². The Bertz CT molecular complexity index is 756. The molecule has 0 fully saturated rings. The Labute approximate surface area is 137 Å². The van der Waals surface area contributed by atoms with Crippen molar-refractivity contribution in [2.75, 3.05) is 0 Å². The number of nitrogens with zero attached hydrogens (tertiary/aromatic N) is 2. The van der Waals surface area contributed by atoms with Gasteiger partial charge >= 0.3 is 0 Å². The molecule has 0 unspecified atom stereocenters. The lowest BCUT2D eigenvalue weighted by Gasteiger charge is -2.09. The zero-order chi connectivity index (χ0) is 14.8. The molecule has 5 heteroatoms. The van der Waals surface area contributed by atoms with Gasteiger partial charge in [0.25, 0.3) is 0 Å². The summed E-state index contributed by atoms with van der Waals surface area (Å²) < 4.78 is 0. The maximum atomic E-state index is 9.39. The van der Waals surface area contributed by atoms with Gasteiger partial charge in [-0.15, -0.1) is 11.3 Å². The second-order valence-electron chi connectivity index (χ2n) is 4.93. The zero-order valence-electron chi connectivity index (χ0n) is 11.2. The second-order valence-corrected chi connectivity index (χ2v) is 6.85. The van der Waals surface area contributed by atoms with Crippen LogP contribution in [0.25, 0.3) is 0 Å². The molecule has 0 aliphatic heterocycles. The van der Waals surface area contributed by atoms with E-state index < -0.39 is 0 Å². The van der Waals surface area contributed by atoms with Gasteiger partial charge in [-0.1, -0.05) is 29.3 Å². The Balaban J connectivity index is 1.96. The van der Waals surface area contributed by atoms with Gasteiger partial charge in [0.05, 0.1) is 10.6 Å². The molecular weight excluding hydrogens is 323 g/mol. The van der Waals surface area contributed by atoms with Crippen molar-refractivity contribution in [3.8, 4) is 6.07 Å². The van der Waals surface area contributed by atoms with Gasteiger partial charge in [0.2, 0.25) is 0 Å². The second kappa shape index (κ2) is 6.19. The Morgan fingerprint density at radius 1 is 1.24 bits per heavy atom. The number of hydrogen-bond donors (Lipinski definition) is 0. The summed E-state index contributed by atoms with van der Waals surface area (Å²) in [4.78, 5) is 5.80. The first-order valence-corrected chi connectivity index (χ1v) is 8.30. The van der Waals surface area contributed by atoms with Crippen LogP contribution in [0.2, 0.25) is 10.0 Å². The summed E-state index contributed by atoms with van der Waals surface area (Å²) in [6.45, 7) is 0. The van der Waals surface area contributed by atoms with E-state index in [9.17, 15) is 5.26 Å². The number of rotatable bonds is 2. The predicted molar refractivity (Wildman–Crippen MR) is 89.4 cm³/mol. The Morgan fingerprint density at radius 2 is 2.05 bits per heavy atom. The summed E-state index contributed by atoms with van der Waals surface area (Å²) in [5.41, 5.74) is 2.73. The third-order valence-corrected chi connectivity index (χ3v) is 5.31. The average Bonchev–Trinajstić information content (AvgIpc) is 2.83. The van der Waals surface area contributed by atoms with Crippen molar-refractivity contribution >= 4 is 45.8 Å². The van der Waals surface area contributed by atoms with Gasteiger partial charge < -0.3 is 0 Å². The quantitative estimate of drug-likeness (QED) is 0.662. The van der Waals surface area contributed by atoms with E-state index in [1.807, 2.05) is 6.07 Å². The van der Waals surface area contributed by atoms with Crippen molar-refractivity contribution in [2.45, 2.75) is 25.7 Å². The maximum Gasteiger partial charge on any atom is 0.134 e. The van der Waals surface area contributed by atoms with E-state index in [2.05, 4.69) is 11.1 Å². The molecule has 0 radical (unpaired) electrons. The Morgan fingerprint density at radius 3 is 2.81 bits per heavy atom. The third-order valence-electron chi connectivity index (χ3n) is 3.55. The first-order chi connectivity index (χ1) is 10.2. The minimum atomic E-state index is 0.561. The Kier molecular flexibility index (Phi) is 4.30. The molecule has 3 rings (SSSR count). The molecule has 0 saturated carbocycles. The van der Waals surface area contributed by atoms with Gasteiger partial charge in [0, 0.05) is 21.7 Å². The van der Waals surface area contributed by atoms with E-state index in [4.69, 9.17) is 23.2 Å². The van der Waals surface area contributed by atoms with Crippen LogP contribution in [0.4, 0.5) is 5.00 Å². The zero-order valence-corrected chi connectivity index (χ0v) is 13.5. The first kappa shape index (κ1) is 14.6. The molecule has 2 aromatic rings. The summed E-state index contributed by atoms with van der Waals surface area (Å²) in [6.07, 6.45) is 6.11. The van der Waals surface area contributed by atoms with Crippen LogP contribution in [0.3, 0.4) is 0 Å². The van der Waals surface area contributed by atoms with Gasteiger partial charge in [0.1, 0.15) is 11.1 Å². The van der Waals surface area contributed by atoms with E-state index in [-0.39, 0.29) is 0 Å². The molecule has 0 bridgehead atoms. The molecule has 2 nitrogen and oxygen atoms in total. The van der Waals surface area contributed by atoms with Crippen molar-refractivity contribution in [3.05, 3.63) is 49.8 Å². The fraction of sp³-hybridized carbons (Fsp3) is 0.250. The molecule has 0 amide bonds. The molecule has 0 N–H and O–H groups in total. The molecule has 1 aliphatic rings. The SMILES string of the molecule is N#Cc1c(N=Cc2ccc(Cl)cc2Cl)sc2c1CCCC2. The first-order valence-electron chi connectivity index (χ1n) is 6.73. The van der Waals surface area contributed by atoms with Crippen molar-refractivity contribution in [2.24, 2.45) is 4.99 Å². The van der Waals surface area contributed by atoms with E-state index in [1.165, 1.54) is 16.9 Å². The molecule has 0 spiro atoms. The highest BCUT2D eigenvalue weighted by Crippen LogP contribution is 2.39. The number of thiophene rings is 1. The molecule has 1 heterocycles. The fourth-order valence-electron chi connectivity index (χ4n) is 2.49. The smallest absolute Gasteiger partial charge is 0.134 e. The van der Waals surface area contributed by atoms with Crippen molar-refractivity contribution in [1.82, 2.24) is 0 Å². The predicted octanol–water partition coefficient (Wildman–Crippen LogP) is 5.56. The summed E-state index contributed by atoms with van der Waals surface area (Å²) in [5, 5.41) is 11.3. The molecule has 1 aromatic heterocycles. The van der Waals surface area contributed by atoms with Crippen molar-refractivity contribution in [3.63, 3.8) is 0 Å². The van der Waals surface area contributed by atoms with Gasteiger partial charge in [-0.25, -0.2) is 4.99 Å². The average molecular weight is 335 g/mol. The number of nitriles is 1. The van der Waals surface area contributed by atoms with Crippen LogP contribution >= 0.6 is 34.5 Å². The number of aryl methyl sites for hydroxylation is 1. The van der Waals surface area contributed by atoms with Crippen LogP contribution in [0.15, 0.2) is 23.2 Å². The Hall–Kier alpha value is -1.34. The van der Waals surface area contributed by atoms with E-state index in [1.54, 1.807) is 29.7 Å². The van der Waals surface area contributed by atoms with E-state index in [0.717, 1.165) is 35.4 Å². The van der Waals surface area contributed by atoms with Crippen LogP contribution in [-0.2, 0) is 12.8 Å². The largest absolute Gasteiger partial charge is 0.244 e. The van der Waals surface area contributed by atoms with Crippen LogP contribution in [0.1, 0.15) is 34.4 Å². The highest BCUT2D eigenvalue weighted by atomic mass is 35.5. The monoisotopic (exact) mass is 334 g/mol. The number of fused-ring (bicyclic) bond motifs is 1. The van der Waals surface area contributed by atoms with Crippen molar-refractivity contribution < 1.29 is 0 Å². The van der Waals surface area contributed by atoms with Gasteiger partial charge in [0.15, 0.2) is 0 Å². The molecule has 0 atom stereocenters. The van der Waals surface area contributed by atoms with Gasteiger partial charge in [-0.05, 0) is 43.4 Å². The molecule has 1 aliphatic carbocycles. The molecule has 21 heavy (non-hydrogen) atoms. The molecule has 106 valence electrons. The van der Waals surface area contributed by atoms with Crippen LogP contribution in [0.5, 0.6) is 0 Å². The topological polar surface area (TPSA) is 36.1 Å². The lowest BCUT2D eigenvalue weighted by molar-refractivity contribution is 0.696. The standard InChI is InChI=1S/C16H12Cl2N2S/c17-11-6-5-10(14(18)7-11)9-20-16-13(8-19)12-3-1-2-4-15(12)21-16/h5-7,9H,1-4H2. The van der Waals surface area contributed by atoms with E-state index in [0.29, 0.717) is 10.0 Å². The summed E-state index contributed by atoms with van der Waals surface area (Å²) in [6, 6.07) is 7.60. The highest BCUT2D eigenvalue weighted by Gasteiger charge is 2.20. The van der Waals surface area contributed by atoms with Gasteiger partial charge in [-0.2, -0.15) is 5.26 Å². The summed E-state index contributed by atoms with van der Waals surface area (Å²) in [7, 11) is 0. The highest BCUT2D eigenvalue weighted by molar-refractivity contribution is 7.16. The molecular formula is C16H12Cl2N2S.